The van der Waals surface area contributed by atoms with Crippen molar-refractivity contribution in [3.8, 4) is 0 Å². The van der Waals surface area contributed by atoms with Crippen LogP contribution in [0.4, 0.5) is 0 Å². The van der Waals surface area contributed by atoms with E-state index in [-0.39, 0.29) is 12.1 Å². The normalized spacial score (nSPS) is 20.6. The van der Waals surface area contributed by atoms with Gasteiger partial charge in [-0.3, -0.25) is 9.69 Å². The summed E-state index contributed by atoms with van der Waals surface area (Å²) in [5.41, 5.74) is 0.810. The summed E-state index contributed by atoms with van der Waals surface area (Å²) in [7, 11) is 1.88. The molecule has 1 fully saturated rings. The minimum Gasteiger partial charge on any atom is -0.327 e. The maximum atomic E-state index is 12.0. The summed E-state index contributed by atoms with van der Waals surface area (Å²) >= 11 is 0. The van der Waals surface area contributed by atoms with Gasteiger partial charge in [0, 0.05) is 38.8 Å². The van der Waals surface area contributed by atoms with E-state index in [0.29, 0.717) is 0 Å². The van der Waals surface area contributed by atoms with Gasteiger partial charge in [0.1, 0.15) is 0 Å². The maximum Gasteiger partial charge on any atom is 0.250 e. The minimum atomic E-state index is 0.119. The standard InChI is InChI=1S/C12H23N3O/c1-5-10(2)12(16)14(4)11(3)15-8-6-13-7-9-15/h5,11,13H,6-9H2,1-4H3/b10-5-. The zero-order valence-corrected chi connectivity index (χ0v) is 10.8. The van der Waals surface area contributed by atoms with Crippen molar-refractivity contribution in [2.24, 2.45) is 0 Å². The van der Waals surface area contributed by atoms with Crippen LogP contribution in [0.2, 0.25) is 0 Å². The third-order valence-electron chi connectivity index (χ3n) is 3.33. The van der Waals surface area contributed by atoms with Gasteiger partial charge in [-0.25, -0.2) is 0 Å². The molecule has 1 atom stereocenters. The first-order valence-corrected chi connectivity index (χ1v) is 5.92. The van der Waals surface area contributed by atoms with Gasteiger partial charge in [0.25, 0.3) is 0 Å². The number of amides is 1. The van der Waals surface area contributed by atoms with Crippen molar-refractivity contribution in [3.05, 3.63) is 11.6 Å². The quantitative estimate of drug-likeness (QED) is 0.717. The molecule has 4 nitrogen and oxygen atoms in total. The highest BCUT2D eigenvalue weighted by molar-refractivity contribution is 5.92. The van der Waals surface area contributed by atoms with E-state index < -0.39 is 0 Å². The predicted molar refractivity (Wildman–Crippen MR) is 66.1 cm³/mol. The third kappa shape index (κ3) is 3.06. The van der Waals surface area contributed by atoms with Crippen LogP contribution in [0.3, 0.4) is 0 Å². The Kier molecular flexibility index (Phi) is 4.96. The van der Waals surface area contributed by atoms with Crippen LogP contribution in [0, 0.1) is 0 Å². The van der Waals surface area contributed by atoms with Crippen LogP contribution in [0.1, 0.15) is 20.8 Å². The van der Waals surface area contributed by atoms with Crippen molar-refractivity contribution in [2.45, 2.75) is 26.9 Å². The van der Waals surface area contributed by atoms with Crippen LogP contribution in [-0.4, -0.2) is 55.1 Å². The van der Waals surface area contributed by atoms with E-state index in [1.54, 1.807) is 0 Å². The molecule has 1 rings (SSSR count). The van der Waals surface area contributed by atoms with Gasteiger partial charge >= 0.3 is 0 Å². The van der Waals surface area contributed by atoms with Crippen LogP contribution >= 0.6 is 0 Å². The molecule has 92 valence electrons. The largest absolute Gasteiger partial charge is 0.327 e. The SMILES string of the molecule is C/C=C(/C)C(=O)N(C)C(C)N1CCNCC1. The second kappa shape index (κ2) is 6.01. The molecule has 1 N–H and O–H groups in total. The van der Waals surface area contributed by atoms with Crippen LogP contribution in [0.5, 0.6) is 0 Å². The molecular weight excluding hydrogens is 202 g/mol. The average molecular weight is 225 g/mol. The van der Waals surface area contributed by atoms with E-state index in [4.69, 9.17) is 0 Å². The van der Waals surface area contributed by atoms with Gasteiger partial charge in [0.2, 0.25) is 5.91 Å². The molecule has 0 radical (unpaired) electrons. The Morgan fingerprint density at radius 3 is 2.50 bits per heavy atom. The van der Waals surface area contributed by atoms with Crippen molar-refractivity contribution in [1.82, 2.24) is 15.1 Å². The first-order chi connectivity index (χ1) is 7.57. The first-order valence-electron chi connectivity index (χ1n) is 5.92. The fourth-order valence-corrected chi connectivity index (χ4v) is 1.87. The molecule has 1 unspecified atom stereocenters. The number of hydrogen-bond donors (Lipinski definition) is 1. The van der Waals surface area contributed by atoms with Gasteiger partial charge in [-0.15, -0.1) is 0 Å². The summed E-state index contributed by atoms with van der Waals surface area (Å²) in [5.74, 6) is 0.119. The van der Waals surface area contributed by atoms with E-state index in [1.807, 2.05) is 31.9 Å². The van der Waals surface area contributed by atoms with Gasteiger partial charge in [-0.1, -0.05) is 6.08 Å². The van der Waals surface area contributed by atoms with Gasteiger partial charge in [0.05, 0.1) is 6.17 Å². The van der Waals surface area contributed by atoms with Crippen LogP contribution in [0.15, 0.2) is 11.6 Å². The molecule has 1 heterocycles. The van der Waals surface area contributed by atoms with Crippen LogP contribution in [-0.2, 0) is 4.79 Å². The zero-order valence-electron chi connectivity index (χ0n) is 10.8. The number of allylic oxidation sites excluding steroid dienone is 1. The molecule has 0 bridgehead atoms. The number of nitrogens with one attached hydrogen (secondary N) is 1. The molecule has 0 aliphatic carbocycles. The summed E-state index contributed by atoms with van der Waals surface area (Å²) in [6.45, 7) is 9.89. The molecular formula is C12H23N3O. The van der Waals surface area contributed by atoms with Crippen molar-refractivity contribution < 1.29 is 4.79 Å². The minimum absolute atomic E-state index is 0.119. The number of piperazine rings is 1. The van der Waals surface area contributed by atoms with Crippen LogP contribution in [0.25, 0.3) is 0 Å². The molecule has 4 heteroatoms. The number of hydrogen-bond acceptors (Lipinski definition) is 3. The lowest BCUT2D eigenvalue weighted by Gasteiger charge is -2.38. The molecule has 16 heavy (non-hydrogen) atoms. The highest BCUT2D eigenvalue weighted by Crippen LogP contribution is 2.08. The Labute approximate surface area is 98.3 Å². The number of carbonyl (C=O) groups excluding carboxylic acids is 1. The Morgan fingerprint density at radius 1 is 1.44 bits per heavy atom. The highest BCUT2D eigenvalue weighted by atomic mass is 16.2. The highest BCUT2D eigenvalue weighted by Gasteiger charge is 2.23. The van der Waals surface area contributed by atoms with E-state index in [9.17, 15) is 4.79 Å². The van der Waals surface area contributed by atoms with E-state index in [1.165, 1.54) is 0 Å². The van der Waals surface area contributed by atoms with Crippen molar-refractivity contribution in [1.29, 1.82) is 0 Å². The topological polar surface area (TPSA) is 35.6 Å². The Hall–Kier alpha value is -0.870. The first kappa shape index (κ1) is 13.2. The Bertz CT molecular complexity index is 269. The maximum absolute atomic E-state index is 12.0. The fourth-order valence-electron chi connectivity index (χ4n) is 1.87. The molecule has 0 saturated carbocycles. The lowest BCUT2D eigenvalue weighted by Crippen LogP contribution is -2.54. The summed E-state index contributed by atoms with van der Waals surface area (Å²) in [4.78, 5) is 16.1. The van der Waals surface area contributed by atoms with Crippen molar-refractivity contribution in [2.75, 3.05) is 33.2 Å². The average Bonchev–Trinajstić information content (AvgIpc) is 2.36. The number of likely N-dealkylation sites (N-methyl/N-ethyl adjacent to an activating group) is 1. The monoisotopic (exact) mass is 225 g/mol. The lowest BCUT2D eigenvalue weighted by molar-refractivity contribution is -0.131. The zero-order chi connectivity index (χ0) is 12.1. The molecule has 0 spiro atoms. The molecule has 1 amide bonds. The third-order valence-corrected chi connectivity index (χ3v) is 3.33. The van der Waals surface area contributed by atoms with Gasteiger partial charge in [0.15, 0.2) is 0 Å². The summed E-state index contributed by atoms with van der Waals surface area (Å²) < 4.78 is 0. The Morgan fingerprint density at radius 2 is 2.00 bits per heavy atom. The van der Waals surface area contributed by atoms with Crippen molar-refractivity contribution >= 4 is 5.91 Å². The van der Waals surface area contributed by atoms with E-state index >= 15 is 0 Å². The molecule has 0 aromatic rings. The van der Waals surface area contributed by atoms with Gasteiger partial charge in [-0.2, -0.15) is 0 Å². The smallest absolute Gasteiger partial charge is 0.250 e. The molecule has 0 aromatic carbocycles. The Balaban J connectivity index is 2.58. The summed E-state index contributed by atoms with van der Waals surface area (Å²) in [6, 6.07) is 0. The van der Waals surface area contributed by atoms with Gasteiger partial charge in [-0.05, 0) is 20.8 Å². The van der Waals surface area contributed by atoms with E-state index in [0.717, 1.165) is 31.8 Å². The second-order valence-corrected chi connectivity index (χ2v) is 4.31. The fraction of sp³-hybridized carbons (Fsp3) is 0.750. The summed E-state index contributed by atoms with van der Waals surface area (Å²) in [6.07, 6.45) is 2.04. The predicted octanol–water partition coefficient (Wildman–Crippen LogP) is 0.662. The summed E-state index contributed by atoms with van der Waals surface area (Å²) in [5, 5.41) is 3.32. The van der Waals surface area contributed by atoms with Crippen molar-refractivity contribution in [3.63, 3.8) is 0 Å². The number of carbonyl (C=O) groups is 1. The van der Waals surface area contributed by atoms with Gasteiger partial charge < -0.3 is 10.2 Å². The number of nitrogens with zero attached hydrogens (tertiary/aromatic N) is 2. The molecule has 1 aliphatic heterocycles. The molecule has 1 saturated heterocycles. The molecule has 1 aliphatic rings. The number of rotatable bonds is 3. The van der Waals surface area contributed by atoms with E-state index in [2.05, 4.69) is 17.1 Å². The van der Waals surface area contributed by atoms with Crippen LogP contribution < -0.4 is 5.32 Å². The molecule has 0 aromatic heterocycles. The lowest BCUT2D eigenvalue weighted by atomic mass is 10.2. The second-order valence-electron chi connectivity index (χ2n) is 4.31.